The summed E-state index contributed by atoms with van der Waals surface area (Å²) in [5.74, 6) is -0.548. The van der Waals surface area contributed by atoms with Crippen molar-refractivity contribution in [1.29, 1.82) is 0 Å². The highest BCUT2D eigenvalue weighted by Crippen LogP contribution is 2.15. The number of rotatable bonds is 2. The minimum Gasteiger partial charge on any atom is -0.468 e. The molecule has 1 heterocycles. The van der Waals surface area contributed by atoms with Crippen molar-refractivity contribution in [3.05, 3.63) is 39.4 Å². The van der Waals surface area contributed by atoms with Crippen LogP contribution < -0.4 is 5.56 Å². The van der Waals surface area contributed by atoms with Crippen molar-refractivity contribution < 1.29 is 9.53 Å². The van der Waals surface area contributed by atoms with Crippen LogP contribution in [0.5, 0.6) is 0 Å². The lowest BCUT2D eigenvalue weighted by molar-refractivity contribution is -0.141. The molecule has 1 aromatic heterocycles. The highest BCUT2D eigenvalue weighted by molar-refractivity contribution is 6.28. The van der Waals surface area contributed by atoms with Gasteiger partial charge in [0.15, 0.2) is 0 Å². The topological polar surface area (TPSA) is 61.2 Å². The molecule has 0 spiro atoms. The Hall–Kier alpha value is -1.88. The largest absolute Gasteiger partial charge is 0.468 e. The van der Waals surface area contributed by atoms with Gasteiger partial charge in [-0.1, -0.05) is 12.1 Å². The number of carbonyl (C=O) groups excluding carboxylic acids is 1. The molecular formula is C12H11ClN2O3. The summed E-state index contributed by atoms with van der Waals surface area (Å²) in [6.45, 7) is 1.60. The lowest BCUT2D eigenvalue weighted by Gasteiger charge is -2.08. The molecule has 0 aliphatic rings. The first-order valence-electron chi connectivity index (χ1n) is 5.27. The van der Waals surface area contributed by atoms with E-state index >= 15 is 0 Å². The molecule has 0 radical (unpaired) electrons. The van der Waals surface area contributed by atoms with E-state index < -0.39 is 5.97 Å². The molecule has 0 fully saturated rings. The SMILES string of the molecule is COC(=O)Cn1c(Cl)nc2c(C)cccc2c1=O. The fraction of sp³-hybridized carbons (Fsp3) is 0.250. The van der Waals surface area contributed by atoms with Crippen LogP contribution in [0.25, 0.3) is 10.9 Å². The molecule has 0 N–H and O–H groups in total. The van der Waals surface area contributed by atoms with Gasteiger partial charge in [0.25, 0.3) is 5.56 Å². The van der Waals surface area contributed by atoms with E-state index in [2.05, 4.69) is 9.72 Å². The van der Waals surface area contributed by atoms with Crippen LogP contribution in [-0.4, -0.2) is 22.6 Å². The molecule has 0 aliphatic carbocycles. The standard InChI is InChI=1S/C12H11ClN2O3/c1-7-4-3-5-8-10(7)14-12(13)15(11(8)17)6-9(16)18-2/h3-5H,6H2,1-2H3. The first-order valence-corrected chi connectivity index (χ1v) is 5.65. The first-order chi connectivity index (χ1) is 8.54. The second-order valence-corrected chi connectivity index (χ2v) is 4.16. The second kappa shape index (κ2) is 4.78. The van der Waals surface area contributed by atoms with Crippen molar-refractivity contribution in [3.63, 3.8) is 0 Å². The molecule has 94 valence electrons. The van der Waals surface area contributed by atoms with Gasteiger partial charge in [0, 0.05) is 0 Å². The third-order valence-corrected chi connectivity index (χ3v) is 2.94. The van der Waals surface area contributed by atoms with Crippen LogP contribution in [0.1, 0.15) is 5.56 Å². The van der Waals surface area contributed by atoms with Crippen LogP contribution in [0.15, 0.2) is 23.0 Å². The van der Waals surface area contributed by atoms with Crippen molar-refractivity contribution in [3.8, 4) is 0 Å². The summed E-state index contributed by atoms with van der Waals surface area (Å²) in [6, 6.07) is 5.26. The number of nitrogens with zero attached hydrogens (tertiary/aromatic N) is 2. The Kier molecular flexibility index (Phi) is 3.34. The maximum atomic E-state index is 12.2. The van der Waals surface area contributed by atoms with Gasteiger partial charge in [-0.15, -0.1) is 0 Å². The number of aromatic nitrogens is 2. The molecule has 5 nitrogen and oxygen atoms in total. The first kappa shape index (κ1) is 12.6. The lowest BCUT2D eigenvalue weighted by Crippen LogP contribution is -2.26. The van der Waals surface area contributed by atoms with Gasteiger partial charge in [0.1, 0.15) is 6.54 Å². The highest BCUT2D eigenvalue weighted by atomic mass is 35.5. The van der Waals surface area contributed by atoms with E-state index in [1.54, 1.807) is 12.1 Å². The highest BCUT2D eigenvalue weighted by Gasteiger charge is 2.13. The Morgan fingerprint density at radius 1 is 1.50 bits per heavy atom. The molecular weight excluding hydrogens is 256 g/mol. The number of hydrogen-bond donors (Lipinski definition) is 0. The Morgan fingerprint density at radius 2 is 2.22 bits per heavy atom. The number of aryl methyl sites for hydroxylation is 1. The fourth-order valence-corrected chi connectivity index (χ4v) is 1.91. The summed E-state index contributed by atoms with van der Waals surface area (Å²) in [6.07, 6.45) is 0. The van der Waals surface area contributed by atoms with Crippen LogP contribution in [0, 0.1) is 6.92 Å². The van der Waals surface area contributed by atoms with Crippen molar-refractivity contribution in [2.24, 2.45) is 0 Å². The van der Waals surface area contributed by atoms with Crippen LogP contribution in [0.3, 0.4) is 0 Å². The molecule has 0 unspecified atom stereocenters. The summed E-state index contributed by atoms with van der Waals surface area (Å²) >= 11 is 5.93. The number of methoxy groups -OCH3 is 1. The van der Waals surface area contributed by atoms with E-state index in [9.17, 15) is 9.59 Å². The van der Waals surface area contributed by atoms with Crippen molar-refractivity contribution in [2.75, 3.05) is 7.11 Å². The van der Waals surface area contributed by atoms with Crippen molar-refractivity contribution in [2.45, 2.75) is 13.5 Å². The van der Waals surface area contributed by atoms with Gasteiger partial charge >= 0.3 is 5.97 Å². The summed E-state index contributed by atoms with van der Waals surface area (Å²) in [4.78, 5) is 27.5. The number of halogens is 1. The smallest absolute Gasteiger partial charge is 0.325 e. The summed E-state index contributed by atoms with van der Waals surface area (Å²) in [5, 5.41) is 0.413. The van der Waals surface area contributed by atoms with Crippen LogP contribution in [0.4, 0.5) is 0 Å². The number of fused-ring (bicyclic) bond motifs is 1. The third-order valence-electron chi connectivity index (χ3n) is 2.65. The third kappa shape index (κ3) is 2.09. The average molecular weight is 267 g/mol. The van der Waals surface area contributed by atoms with Crippen LogP contribution in [0.2, 0.25) is 5.28 Å². The summed E-state index contributed by atoms with van der Waals surface area (Å²) < 4.78 is 5.61. The number of carbonyl (C=O) groups is 1. The van der Waals surface area contributed by atoms with E-state index in [1.165, 1.54) is 7.11 Å². The van der Waals surface area contributed by atoms with E-state index in [1.807, 2.05) is 13.0 Å². The zero-order chi connectivity index (χ0) is 13.3. The van der Waals surface area contributed by atoms with Gasteiger partial charge in [-0.05, 0) is 30.2 Å². The van der Waals surface area contributed by atoms with Gasteiger partial charge in [-0.2, -0.15) is 0 Å². The van der Waals surface area contributed by atoms with Gasteiger partial charge < -0.3 is 4.74 Å². The molecule has 2 rings (SSSR count). The molecule has 18 heavy (non-hydrogen) atoms. The molecule has 0 saturated heterocycles. The molecule has 0 saturated carbocycles. The van der Waals surface area contributed by atoms with Gasteiger partial charge in [-0.25, -0.2) is 4.98 Å². The van der Waals surface area contributed by atoms with Gasteiger partial charge in [-0.3, -0.25) is 14.2 Å². The number of esters is 1. The number of hydrogen-bond acceptors (Lipinski definition) is 4. The number of para-hydroxylation sites is 1. The number of ether oxygens (including phenoxy) is 1. The normalized spacial score (nSPS) is 10.6. The minimum atomic E-state index is -0.548. The van der Waals surface area contributed by atoms with Gasteiger partial charge in [0.2, 0.25) is 5.28 Å². The zero-order valence-electron chi connectivity index (χ0n) is 9.94. The fourth-order valence-electron chi connectivity index (χ4n) is 1.69. The molecule has 6 heteroatoms. The van der Waals surface area contributed by atoms with Crippen molar-refractivity contribution in [1.82, 2.24) is 9.55 Å². The molecule has 0 atom stereocenters. The Labute approximate surface area is 108 Å². The quantitative estimate of drug-likeness (QED) is 0.611. The lowest BCUT2D eigenvalue weighted by atomic mass is 10.1. The van der Waals surface area contributed by atoms with Crippen LogP contribution >= 0.6 is 11.6 Å². The van der Waals surface area contributed by atoms with Crippen molar-refractivity contribution >= 4 is 28.5 Å². The summed E-state index contributed by atoms with van der Waals surface area (Å²) in [5.41, 5.74) is 1.06. The molecule has 0 bridgehead atoms. The molecule has 0 aliphatic heterocycles. The Morgan fingerprint density at radius 3 is 2.89 bits per heavy atom. The van der Waals surface area contributed by atoms with E-state index in [0.29, 0.717) is 10.9 Å². The van der Waals surface area contributed by atoms with E-state index in [0.717, 1.165) is 10.1 Å². The monoisotopic (exact) mass is 266 g/mol. The molecule has 1 aromatic carbocycles. The Balaban J connectivity index is 2.70. The van der Waals surface area contributed by atoms with Crippen LogP contribution in [-0.2, 0) is 16.1 Å². The second-order valence-electron chi connectivity index (χ2n) is 3.82. The maximum Gasteiger partial charge on any atom is 0.325 e. The Bertz CT molecular complexity index is 679. The van der Waals surface area contributed by atoms with E-state index in [4.69, 9.17) is 11.6 Å². The average Bonchev–Trinajstić information content (AvgIpc) is 2.35. The predicted octanol–water partition coefficient (Wildman–Crippen LogP) is 1.53. The zero-order valence-corrected chi connectivity index (χ0v) is 10.7. The maximum absolute atomic E-state index is 12.2. The summed E-state index contributed by atoms with van der Waals surface area (Å²) in [7, 11) is 1.25. The van der Waals surface area contributed by atoms with E-state index in [-0.39, 0.29) is 17.4 Å². The predicted molar refractivity (Wildman–Crippen MR) is 67.8 cm³/mol. The minimum absolute atomic E-state index is 0.0211. The molecule has 0 amide bonds. The molecule has 2 aromatic rings. The number of benzene rings is 1. The van der Waals surface area contributed by atoms with Gasteiger partial charge in [0.05, 0.1) is 18.0 Å².